The van der Waals surface area contributed by atoms with Crippen molar-refractivity contribution in [1.82, 2.24) is 10.2 Å². The molecule has 4 atom stereocenters. The van der Waals surface area contributed by atoms with Crippen molar-refractivity contribution in [2.45, 2.75) is 30.2 Å². The predicted molar refractivity (Wildman–Crippen MR) is 101 cm³/mol. The van der Waals surface area contributed by atoms with Gasteiger partial charge in [-0.15, -0.1) is 0 Å². The molecule has 1 N–H and O–H groups in total. The van der Waals surface area contributed by atoms with Crippen LogP contribution in [0.4, 0.5) is 0 Å². The molecule has 1 amide bonds. The van der Waals surface area contributed by atoms with Crippen molar-refractivity contribution in [3.8, 4) is 0 Å². The molecule has 1 saturated carbocycles. The molecule has 2 unspecified atom stereocenters. The molecule has 2 heterocycles. The average Bonchev–Trinajstić information content (AvgIpc) is 2.90. The van der Waals surface area contributed by atoms with E-state index in [1.54, 1.807) is 0 Å². The summed E-state index contributed by atoms with van der Waals surface area (Å²) in [5.74, 6) is 0.722. The molecule has 0 radical (unpaired) electrons. The first kappa shape index (κ1) is 16.3. The van der Waals surface area contributed by atoms with Gasteiger partial charge in [-0.25, -0.2) is 0 Å². The average molecular weight is 334 g/mol. The Morgan fingerprint density at radius 1 is 0.880 bits per heavy atom. The van der Waals surface area contributed by atoms with Gasteiger partial charge in [0, 0.05) is 12.1 Å². The Balaban J connectivity index is 1.85. The lowest BCUT2D eigenvalue weighted by atomic mass is 9.61. The van der Waals surface area contributed by atoms with Gasteiger partial charge in [0.2, 0.25) is 5.91 Å². The Bertz CT molecular complexity index is 692. The van der Waals surface area contributed by atoms with Gasteiger partial charge in [0.15, 0.2) is 0 Å². The molecular formula is C22H26N2O. The fraction of sp³-hybridized carbons (Fsp3) is 0.409. The predicted octanol–water partition coefficient (Wildman–Crippen LogP) is 3.39. The first-order valence-corrected chi connectivity index (χ1v) is 9.16. The number of nitrogens with one attached hydrogen (secondary N) is 1. The normalized spacial score (nSPS) is 31.6. The monoisotopic (exact) mass is 334 g/mol. The van der Waals surface area contributed by atoms with Crippen molar-refractivity contribution in [2.24, 2.45) is 5.92 Å². The van der Waals surface area contributed by atoms with E-state index in [1.807, 2.05) is 0 Å². The molecule has 1 aliphatic carbocycles. The lowest BCUT2D eigenvalue weighted by Gasteiger charge is -2.48. The van der Waals surface area contributed by atoms with Gasteiger partial charge in [-0.3, -0.25) is 4.79 Å². The molecule has 130 valence electrons. The van der Waals surface area contributed by atoms with Crippen LogP contribution >= 0.6 is 0 Å². The van der Waals surface area contributed by atoms with E-state index in [0.29, 0.717) is 0 Å². The van der Waals surface area contributed by atoms with Crippen molar-refractivity contribution < 1.29 is 4.79 Å². The van der Waals surface area contributed by atoms with Crippen LogP contribution in [0, 0.1) is 5.92 Å². The maximum atomic E-state index is 13.1. The third-order valence-electron chi connectivity index (χ3n) is 6.37. The van der Waals surface area contributed by atoms with E-state index < -0.39 is 0 Å². The minimum Gasteiger partial charge on any atom is -0.354 e. The van der Waals surface area contributed by atoms with Crippen molar-refractivity contribution >= 4 is 5.91 Å². The smallest absolute Gasteiger partial charge is 0.224 e. The summed E-state index contributed by atoms with van der Waals surface area (Å²) in [6.07, 6.45) is 2.05. The molecule has 2 aromatic carbocycles. The molecule has 2 aliphatic heterocycles. The number of rotatable bonds is 3. The molecule has 3 aliphatic rings. The Labute approximate surface area is 150 Å². The SMILES string of the molecule is CN(C)C12CNC(=O)C([C@@H](c3ccccc3)C1)[C@H](c1ccccc1)C2. The highest BCUT2D eigenvalue weighted by atomic mass is 16.2. The van der Waals surface area contributed by atoms with Crippen LogP contribution in [0.1, 0.15) is 35.8 Å². The maximum Gasteiger partial charge on any atom is 0.224 e. The largest absolute Gasteiger partial charge is 0.354 e. The van der Waals surface area contributed by atoms with Crippen molar-refractivity contribution in [2.75, 3.05) is 20.6 Å². The molecule has 25 heavy (non-hydrogen) atoms. The summed E-state index contributed by atoms with van der Waals surface area (Å²) in [6.45, 7) is 0.738. The zero-order valence-corrected chi connectivity index (χ0v) is 15.0. The molecule has 0 aromatic heterocycles. The van der Waals surface area contributed by atoms with Crippen LogP contribution in [0.5, 0.6) is 0 Å². The fourth-order valence-corrected chi connectivity index (χ4v) is 4.89. The topological polar surface area (TPSA) is 32.3 Å². The number of carbonyl (C=O) groups is 1. The molecule has 2 bridgehead atoms. The van der Waals surface area contributed by atoms with Gasteiger partial charge in [-0.05, 0) is 49.9 Å². The number of carbonyl (C=O) groups excluding carboxylic acids is 1. The van der Waals surface area contributed by atoms with Gasteiger partial charge in [0.05, 0.1) is 5.92 Å². The first-order chi connectivity index (χ1) is 12.1. The van der Waals surface area contributed by atoms with Crippen molar-refractivity contribution in [3.05, 3.63) is 71.8 Å². The number of amides is 1. The molecule has 3 fully saturated rings. The fourth-order valence-electron chi connectivity index (χ4n) is 4.89. The number of hydrogen-bond acceptors (Lipinski definition) is 2. The minimum absolute atomic E-state index is 0.000347. The second kappa shape index (κ2) is 6.30. The summed E-state index contributed by atoms with van der Waals surface area (Å²) >= 11 is 0. The Morgan fingerprint density at radius 2 is 1.36 bits per heavy atom. The minimum atomic E-state index is 0.000347. The molecular weight excluding hydrogens is 308 g/mol. The van der Waals surface area contributed by atoms with Gasteiger partial charge >= 0.3 is 0 Å². The van der Waals surface area contributed by atoms with Gasteiger partial charge in [-0.1, -0.05) is 60.7 Å². The Hall–Kier alpha value is -2.13. The van der Waals surface area contributed by atoms with Crippen LogP contribution in [0.2, 0.25) is 0 Å². The molecule has 3 heteroatoms. The highest BCUT2D eigenvalue weighted by Gasteiger charge is 2.53. The second-order valence-corrected chi connectivity index (χ2v) is 7.80. The van der Waals surface area contributed by atoms with Crippen molar-refractivity contribution in [1.29, 1.82) is 0 Å². The summed E-state index contributed by atoms with van der Waals surface area (Å²) < 4.78 is 0. The molecule has 2 saturated heterocycles. The van der Waals surface area contributed by atoms with Gasteiger partial charge in [-0.2, -0.15) is 0 Å². The van der Waals surface area contributed by atoms with E-state index in [9.17, 15) is 4.79 Å². The third kappa shape index (κ3) is 2.77. The molecule has 5 rings (SSSR count). The molecule has 2 aromatic rings. The molecule has 0 spiro atoms. The summed E-state index contributed by atoms with van der Waals surface area (Å²) in [5.41, 5.74) is 2.58. The van der Waals surface area contributed by atoms with E-state index in [1.165, 1.54) is 11.1 Å². The van der Waals surface area contributed by atoms with Crippen LogP contribution in [-0.2, 0) is 4.79 Å². The van der Waals surface area contributed by atoms with Crippen LogP contribution < -0.4 is 5.32 Å². The second-order valence-electron chi connectivity index (χ2n) is 7.80. The zero-order chi connectivity index (χ0) is 17.4. The number of benzene rings is 2. The summed E-state index contributed by atoms with van der Waals surface area (Å²) in [5, 5.41) is 3.25. The summed E-state index contributed by atoms with van der Waals surface area (Å²) in [6, 6.07) is 21.2. The lowest BCUT2D eigenvalue weighted by molar-refractivity contribution is -0.125. The van der Waals surface area contributed by atoms with Gasteiger partial charge < -0.3 is 10.2 Å². The number of fused-ring (bicyclic) bond motifs is 4. The highest BCUT2D eigenvalue weighted by molar-refractivity contribution is 5.82. The number of hydrogen-bond donors (Lipinski definition) is 1. The summed E-state index contributed by atoms with van der Waals surface area (Å²) in [7, 11) is 4.31. The Morgan fingerprint density at radius 3 is 1.80 bits per heavy atom. The van der Waals surface area contributed by atoms with E-state index >= 15 is 0 Å². The highest BCUT2D eigenvalue weighted by Crippen LogP contribution is 2.52. The quantitative estimate of drug-likeness (QED) is 0.933. The van der Waals surface area contributed by atoms with E-state index in [4.69, 9.17) is 0 Å². The number of likely N-dealkylation sites (N-methyl/N-ethyl adjacent to an activating group) is 1. The van der Waals surface area contributed by atoms with E-state index in [0.717, 1.165) is 19.4 Å². The van der Waals surface area contributed by atoms with Gasteiger partial charge in [0.1, 0.15) is 0 Å². The Kier molecular flexibility index (Phi) is 4.12. The number of nitrogens with zero attached hydrogens (tertiary/aromatic N) is 1. The van der Waals surface area contributed by atoms with Crippen LogP contribution in [0.15, 0.2) is 60.7 Å². The molecule has 3 nitrogen and oxygen atoms in total. The van der Waals surface area contributed by atoms with E-state index in [2.05, 4.69) is 85.0 Å². The maximum absolute atomic E-state index is 13.1. The van der Waals surface area contributed by atoms with Crippen LogP contribution in [0.3, 0.4) is 0 Å². The first-order valence-electron chi connectivity index (χ1n) is 9.16. The zero-order valence-electron chi connectivity index (χ0n) is 15.0. The standard InChI is InChI=1S/C22H26N2O/c1-24(2)22-13-18(16-9-5-3-6-10-16)20(21(25)23-15-22)19(14-22)17-11-7-4-8-12-17/h3-12,18-20H,13-15H2,1-2H3,(H,23,25)/t18-,19+,20?,22?. The van der Waals surface area contributed by atoms with E-state index in [-0.39, 0.29) is 29.2 Å². The van der Waals surface area contributed by atoms with Gasteiger partial charge in [0.25, 0.3) is 0 Å². The lowest BCUT2D eigenvalue weighted by Crippen LogP contribution is -2.53. The third-order valence-corrected chi connectivity index (χ3v) is 6.37. The van der Waals surface area contributed by atoms with Crippen LogP contribution in [0.25, 0.3) is 0 Å². The summed E-state index contributed by atoms with van der Waals surface area (Å²) in [4.78, 5) is 15.4. The van der Waals surface area contributed by atoms with Crippen molar-refractivity contribution in [3.63, 3.8) is 0 Å². The van der Waals surface area contributed by atoms with Crippen LogP contribution in [-0.4, -0.2) is 37.0 Å².